The van der Waals surface area contributed by atoms with E-state index in [4.69, 9.17) is 15.1 Å². The van der Waals surface area contributed by atoms with Crippen LogP contribution in [0.15, 0.2) is 53.3 Å². The molecule has 37 heavy (non-hydrogen) atoms. The summed E-state index contributed by atoms with van der Waals surface area (Å²) in [4.78, 5) is 35.7. The van der Waals surface area contributed by atoms with Crippen molar-refractivity contribution in [3.05, 3.63) is 76.4 Å². The van der Waals surface area contributed by atoms with Gasteiger partial charge in [0.15, 0.2) is 0 Å². The molecular formula is C28H31N5O3S. The van der Waals surface area contributed by atoms with Crippen LogP contribution in [0.1, 0.15) is 70.4 Å². The highest BCUT2D eigenvalue weighted by Crippen LogP contribution is 2.38. The van der Waals surface area contributed by atoms with Crippen LogP contribution in [-0.4, -0.2) is 28.3 Å². The van der Waals surface area contributed by atoms with E-state index in [1.807, 2.05) is 12.1 Å². The fraction of sp³-hybridized carbons (Fsp3) is 0.357. The summed E-state index contributed by atoms with van der Waals surface area (Å²) >= 11 is 1.40. The van der Waals surface area contributed by atoms with Gasteiger partial charge in [0.2, 0.25) is 0 Å². The second kappa shape index (κ2) is 10.1. The third-order valence-electron chi connectivity index (χ3n) is 7.04. The fourth-order valence-corrected chi connectivity index (χ4v) is 5.77. The van der Waals surface area contributed by atoms with Gasteiger partial charge in [-0.3, -0.25) is 9.59 Å². The SMILES string of the molecule is CC(C)(C)[C@@H]1CCc2nc3sc(C(=O)N[C@H](CN)c4cccc(NC(=O)c5ncco5)c4)cc3cc2C1. The fourth-order valence-electron chi connectivity index (χ4n) is 4.84. The van der Waals surface area contributed by atoms with E-state index in [9.17, 15) is 9.59 Å². The highest BCUT2D eigenvalue weighted by molar-refractivity contribution is 7.20. The molecule has 0 fully saturated rings. The third-order valence-corrected chi connectivity index (χ3v) is 8.08. The van der Waals surface area contributed by atoms with Crippen LogP contribution in [0.4, 0.5) is 5.69 Å². The molecule has 1 aliphatic rings. The summed E-state index contributed by atoms with van der Waals surface area (Å²) in [6.45, 7) is 7.11. The Morgan fingerprint density at radius 2 is 2.05 bits per heavy atom. The van der Waals surface area contributed by atoms with Crippen LogP contribution >= 0.6 is 11.3 Å². The highest BCUT2D eigenvalue weighted by atomic mass is 32.1. The first-order valence-corrected chi connectivity index (χ1v) is 13.3. The number of aromatic nitrogens is 2. The molecule has 3 aromatic heterocycles. The van der Waals surface area contributed by atoms with Crippen molar-refractivity contribution in [3.63, 3.8) is 0 Å². The Morgan fingerprint density at radius 3 is 2.78 bits per heavy atom. The van der Waals surface area contributed by atoms with Crippen molar-refractivity contribution >= 4 is 39.1 Å². The first kappa shape index (κ1) is 25.1. The van der Waals surface area contributed by atoms with Gasteiger partial charge < -0.3 is 20.8 Å². The molecule has 2 atom stereocenters. The quantitative estimate of drug-likeness (QED) is 0.326. The predicted octanol–water partition coefficient (Wildman–Crippen LogP) is 5.12. The van der Waals surface area contributed by atoms with Gasteiger partial charge in [-0.2, -0.15) is 0 Å². The molecule has 2 amide bonds. The second-order valence-corrected chi connectivity index (χ2v) is 11.6. The molecule has 0 radical (unpaired) electrons. The minimum atomic E-state index is -0.454. The van der Waals surface area contributed by atoms with Crippen LogP contribution in [0.5, 0.6) is 0 Å². The number of nitrogens with one attached hydrogen (secondary N) is 2. The third kappa shape index (κ3) is 5.42. The van der Waals surface area contributed by atoms with E-state index in [-0.39, 0.29) is 23.8 Å². The molecule has 0 saturated heterocycles. The minimum absolute atomic E-state index is 0.0249. The average Bonchev–Trinajstić information content (AvgIpc) is 3.55. The number of benzene rings is 1. The molecule has 0 aliphatic heterocycles. The summed E-state index contributed by atoms with van der Waals surface area (Å²) in [5.74, 6) is -0.0482. The molecule has 192 valence electrons. The van der Waals surface area contributed by atoms with Crippen molar-refractivity contribution in [1.82, 2.24) is 15.3 Å². The Kier molecular flexibility index (Phi) is 6.83. The van der Waals surface area contributed by atoms with Crippen LogP contribution in [0.2, 0.25) is 0 Å². The maximum absolute atomic E-state index is 13.2. The number of pyridine rings is 1. The maximum Gasteiger partial charge on any atom is 0.311 e. The number of oxazole rings is 1. The molecule has 8 nitrogen and oxygen atoms in total. The van der Waals surface area contributed by atoms with Crippen LogP contribution in [0.3, 0.4) is 0 Å². The molecule has 0 bridgehead atoms. The number of nitrogens with zero attached hydrogens (tertiary/aromatic N) is 2. The lowest BCUT2D eigenvalue weighted by atomic mass is 9.71. The monoisotopic (exact) mass is 517 g/mol. The second-order valence-electron chi connectivity index (χ2n) is 10.6. The highest BCUT2D eigenvalue weighted by Gasteiger charge is 2.30. The summed E-state index contributed by atoms with van der Waals surface area (Å²) in [5.41, 5.74) is 10.1. The number of nitrogens with two attached hydrogens (primary N) is 1. The Bertz CT molecular complexity index is 1440. The molecule has 1 aliphatic carbocycles. The van der Waals surface area contributed by atoms with Crippen molar-refractivity contribution < 1.29 is 14.0 Å². The number of carbonyl (C=O) groups is 2. The van der Waals surface area contributed by atoms with Crippen molar-refractivity contribution in [2.45, 2.75) is 46.1 Å². The number of hydrogen-bond donors (Lipinski definition) is 3. The van der Waals surface area contributed by atoms with Gasteiger partial charge in [-0.25, -0.2) is 9.97 Å². The average molecular weight is 518 g/mol. The van der Waals surface area contributed by atoms with Gasteiger partial charge in [0.05, 0.1) is 17.1 Å². The smallest absolute Gasteiger partial charge is 0.311 e. The van der Waals surface area contributed by atoms with E-state index in [1.54, 1.807) is 18.2 Å². The predicted molar refractivity (Wildman–Crippen MR) is 145 cm³/mol. The van der Waals surface area contributed by atoms with Crippen molar-refractivity contribution in [1.29, 1.82) is 0 Å². The molecule has 1 aromatic carbocycles. The lowest BCUT2D eigenvalue weighted by molar-refractivity contribution is 0.0940. The molecule has 3 heterocycles. The normalized spacial score (nSPS) is 16.3. The van der Waals surface area contributed by atoms with Crippen molar-refractivity contribution in [2.24, 2.45) is 17.1 Å². The number of carbonyl (C=O) groups excluding carboxylic acids is 2. The van der Waals surface area contributed by atoms with E-state index in [0.717, 1.165) is 40.7 Å². The first-order chi connectivity index (χ1) is 17.7. The molecular weight excluding hydrogens is 486 g/mol. The van der Waals surface area contributed by atoms with Crippen LogP contribution in [0.25, 0.3) is 10.2 Å². The van der Waals surface area contributed by atoms with Gasteiger partial charge in [-0.1, -0.05) is 32.9 Å². The lowest BCUT2D eigenvalue weighted by Gasteiger charge is -2.34. The maximum atomic E-state index is 13.2. The van der Waals surface area contributed by atoms with E-state index in [2.05, 4.69) is 42.5 Å². The molecule has 4 aromatic rings. The minimum Gasteiger partial charge on any atom is -0.441 e. The molecule has 4 N–H and O–H groups in total. The van der Waals surface area contributed by atoms with Gasteiger partial charge in [-0.05, 0) is 66.0 Å². The zero-order chi connectivity index (χ0) is 26.2. The van der Waals surface area contributed by atoms with Gasteiger partial charge in [0.1, 0.15) is 11.1 Å². The summed E-state index contributed by atoms with van der Waals surface area (Å²) < 4.78 is 5.04. The van der Waals surface area contributed by atoms with Crippen LogP contribution < -0.4 is 16.4 Å². The number of hydrogen-bond acceptors (Lipinski definition) is 7. The number of fused-ring (bicyclic) bond motifs is 2. The van der Waals surface area contributed by atoms with E-state index in [1.165, 1.54) is 29.4 Å². The Hall–Kier alpha value is -3.56. The molecule has 0 unspecified atom stereocenters. The van der Waals surface area contributed by atoms with Gasteiger partial charge in [0, 0.05) is 23.3 Å². The van der Waals surface area contributed by atoms with E-state index in [0.29, 0.717) is 16.5 Å². The van der Waals surface area contributed by atoms with E-state index < -0.39 is 11.9 Å². The summed E-state index contributed by atoms with van der Waals surface area (Å²) in [5, 5.41) is 6.79. The molecule has 0 saturated carbocycles. The zero-order valence-electron chi connectivity index (χ0n) is 21.2. The molecule has 9 heteroatoms. The van der Waals surface area contributed by atoms with Gasteiger partial charge in [0.25, 0.3) is 11.8 Å². The Morgan fingerprint density at radius 1 is 1.22 bits per heavy atom. The topological polar surface area (TPSA) is 123 Å². The first-order valence-electron chi connectivity index (χ1n) is 12.5. The largest absolute Gasteiger partial charge is 0.441 e. The number of thiophene rings is 1. The van der Waals surface area contributed by atoms with Crippen molar-refractivity contribution in [3.8, 4) is 0 Å². The Labute approximate surface area is 219 Å². The zero-order valence-corrected chi connectivity index (χ0v) is 22.0. The summed E-state index contributed by atoms with van der Waals surface area (Å²) in [6, 6.07) is 10.9. The van der Waals surface area contributed by atoms with Gasteiger partial charge >= 0.3 is 5.91 Å². The van der Waals surface area contributed by atoms with Gasteiger partial charge in [-0.15, -0.1) is 11.3 Å². The molecule has 0 spiro atoms. The van der Waals surface area contributed by atoms with Crippen molar-refractivity contribution in [2.75, 3.05) is 11.9 Å². The summed E-state index contributed by atoms with van der Waals surface area (Å²) in [6.07, 6.45) is 5.89. The molecule has 5 rings (SSSR count). The number of aryl methyl sites for hydroxylation is 1. The van der Waals surface area contributed by atoms with E-state index >= 15 is 0 Å². The number of anilines is 1. The van der Waals surface area contributed by atoms with Crippen LogP contribution in [0, 0.1) is 11.3 Å². The Balaban J connectivity index is 1.31. The van der Waals surface area contributed by atoms with Crippen LogP contribution in [-0.2, 0) is 12.8 Å². The standard InChI is InChI=1S/C28H31N5O3S/c1-28(2,3)19-7-8-21-17(12-19)11-18-14-23(37-27(18)33-21)24(34)32-22(15-29)16-5-4-6-20(13-16)31-25(35)26-30-9-10-36-26/h4-6,9-11,13-14,19,22H,7-8,12,15,29H2,1-3H3,(H,31,35)(H,32,34)/t19-,22-/m1/s1. The summed E-state index contributed by atoms with van der Waals surface area (Å²) in [7, 11) is 0. The number of rotatable bonds is 6. The lowest BCUT2D eigenvalue weighted by Crippen LogP contribution is -2.33. The number of amides is 2.